The summed E-state index contributed by atoms with van der Waals surface area (Å²) in [6.07, 6.45) is 7.08. The smallest absolute Gasteiger partial charge is 0.239 e. The Kier molecular flexibility index (Phi) is 5.23. The van der Waals surface area contributed by atoms with Crippen molar-refractivity contribution < 1.29 is 14.3 Å². The van der Waals surface area contributed by atoms with E-state index in [-0.39, 0.29) is 29.3 Å². The molecule has 0 atom stereocenters. The third kappa shape index (κ3) is 4.02. The Morgan fingerprint density at radius 1 is 1.00 bits per heavy atom. The Morgan fingerprint density at radius 3 is 2.11 bits per heavy atom. The molecular weight excluding hydrogens is 342 g/mol. The lowest BCUT2D eigenvalue weighted by molar-refractivity contribution is -0.147. The fraction of sp³-hybridized carbons (Fsp3) is 0.905. The van der Waals surface area contributed by atoms with Gasteiger partial charge in [0.25, 0.3) is 0 Å². The maximum absolute atomic E-state index is 12.9. The normalized spacial score (nSPS) is 35.9. The monoisotopic (exact) mass is 377 g/mol. The van der Waals surface area contributed by atoms with E-state index in [0.717, 1.165) is 63.3 Å². The van der Waals surface area contributed by atoms with Crippen LogP contribution in [0.5, 0.6) is 0 Å². The highest BCUT2D eigenvalue weighted by atomic mass is 16.5. The Balaban J connectivity index is 1.24. The second kappa shape index (κ2) is 7.36. The van der Waals surface area contributed by atoms with Gasteiger partial charge in [-0.25, -0.2) is 0 Å². The summed E-state index contributed by atoms with van der Waals surface area (Å²) < 4.78 is 5.41. The molecule has 1 aliphatic heterocycles. The zero-order valence-electron chi connectivity index (χ0n) is 16.9. The predicted molar refractivity (Wildman–Crippen MR) is 103 cm³/mol. The first-order valence-corrected chi connectivity index (χ1v) is 10.7. The quantitative estimate of drug-likeness (QED) is 0.737. The lowest BCUT2D eigenvalue weighted by Crippen LogP contribution is -2.57. The van der Waals surface area contributed by atoms with Gasteiger partial charge in [0.05, 0.1) is 19.8 Å². The Bertz CT molecular complexity index is 548. The van der Waals surface area contributed by atoms with Crippen molar-refractivity contribution in [1.82, 2.24) is 15.5 Å². The van der Waals surface area contributed by atoms with E-state index in [0.29, 0.717) is 6.54 Å². The first kappa shape index (κ1) is 19.2. The topological polar surface area (TPSA) is 70.7 Å². The fourth-order valence-electron chi connectivity index (χ4n) is 6.39. The van der Waals surface area contributed by atoms with Crippen LogP contribution in [0.25, 0.3) is 0 Å². The van der Waals surface area contributed by atoms with E-state index < -0.39 is 0 Å². The molecule has 0 aromatic carbocycles. The van der Waals surface area contributed by atoms with Crippen LogP contribution < -0.4 is 10.6 Å². The van der Waals surface area contributed by atoms with Crippen molar-refractivity contribution in [1.29, 1.82) is 0 Å². The number of nitrogens with one attached hydrogen (secondary N) is 2. The van der Waals surface area contributed by atoms with Crippen molar-refractivity contribution in [3.63, 3.8) is 0 Å². The van der Waals surface area contributed by atoms with Gasteiger partial charge in [-0.3, -0.25) is 14.5 Å². The zero-order chi connectivity index (χ0) is 19.1. The SMILES string of the molecule is CC(C)(CNC(=O)CNC(=O)C12CC3CC(CC(C3)C1)C2)N1CCOCC1. The molecule has 4 bridgehead atoms. The van der Waals surface area contributed by atoms with E-state index in [1.807, 2.05) is 0 Å². The molecule has 0 unspecified atom stereocenters. The van der Waals surface area contributed by atoms with E-state index in [4.69, 9.17) is 4.74 Å². The summed E-state index contributed by atoms with van der Waals surface area (Å²) in [5, 5.41) is 5.98. The van der Waals surface area contributed by atoms with Gasteiger partial charge < -0.3 is 15.4 Å². The van der Waals surface area contributed by atoms with E-state index in [9.17, 15) is 9.59 Å². The van der Waals surface area contributed by atoms with Crippen LogP contribution in [0.15, 0.2) is 0 Å². The maximum atomic E-state index is 12.9. The number of morpholine rings is 1. The molecule has 0 aromatic heterocycles. The molecule has 4 aliphatic carbocycles. The predicted octanol–water partition coefficient (Wildman–Crippen LogP) is 1.55. The third-order valence-corrected chi connectivity index (χ3v) is 7.51. The molecule has 1 saturated heterocycles. The van der Waals surface area contributed by atoms with Crippen molar-refractivity contribution in [2.24, 2.45) is 23.2 Å². The second-order valence-electron chi connectivity index (χ2n) is 10.1. The van der Waals surface area contributed by atoms with Crippen molar-refractivity contribution in [2.45, 2.75) is 57.9 Å². The molecule has 5 fully saturated rings. The molecule has 4 saturated carbocycles. The van der Waals surface area contributed by atoms with Gasteiger partial charge in [0, 0.05) is 30.6 Å². The van der Waals surface area contributed by atoms with Crippen LogP contribution in [0.1, 0.15) is 52.4 Å². The van der Waals surface area contributed by atoms with Gasteiger partial charge in [0.2, 0.25) is 11.8 Å². The second-order valence-corrected chi connectivity index (χ2v) is 10.1. The number of rotatable bonds is 6. The van der Waals surface area contributed by atoms with Crippen molar-refractivity contribution in [3.05, 3.63) is 0 Å². The first-order chi connectivity index (χ1) is 12.9. The molecule has 0 aromatic rings. The van der Waals surface area contributed by atoms with Gasteiger partial charge in [-0.1, -0.05) is 0 Å². The lowest BCUT2D eigenvalue weighted by atomic mass is 9.49. The van der Waals surface area contributed by atoms with Gasteiger partial charge in [-0.15, -0.1) is 0 Å². The summed E-state index contributed by atoms with van der Waals surface area (Å²) in [4.78, 5) is 27.6. The number of hydrogen-bond donors (Lipinski definition) is 2. The summed E-state index contributed by atoms with van der Waals surface area (Å²) in [6.45, 7) is 8.26. The van der Waals surface area contributed by atoms with E-state index >= 15 is 0 Å². The van der Waals surface area contributed by atoms with Crippen LogP contribution in [0.2, 0.25) is 0 Å². The summed E-state index contributed by atoms with van der Waals surface area (Å²) >= 11 is 0. The van der Waals surface area contributed by atoms with Gasteiger partial charge in [0.1, 0.15) is 0 Å². The van der Waals surface area contributed by atoms with E-state index in [1.165, 1.54) is 19.3 Å². The largest absolute Gasteiger partial charge is 0.379 e. The van der Waals surface area contributed by atoms with Crippen molar-refractivity contribution in [3.8, 4) is 0 Å². The molecule has 0 radical (unpaired) electrons. The van der Waals surface area contributed by atoms with Crippen LogP contribution in [0.4, 0.5) is 0 Å². The highest BCUT2D eigenvalue weighted by Crippen LogP contribution is 2.60. The van der Waals surface area contributed by atoms with Crippen LogP contribution in [0.3, 0.4) is 0 Å². The molecule has 5 aliphatic rings. The Morgan fingerprint density at radius 2 is 1.56 bits per heavy atom. The van der Waals surface area contributed by atoms with Gasteiger partial charge in [0.15, 0.2) is 0 Å². The molecule has 6 heteroatoms. The van der Waals surface area contributed by atoms with Gasteiger partial charge >= 0.3 is 0 Å². The highest BCUT2D eigenvalue weighted by molar-refractivity contribution is 5.88. The van der Waals surface area contributed by atoms with Gasteiger partial charge in [-0.05, 0) is 70.1 Å². The molecule has 1 heterocycles. The first-order valence-electron chi connectivity index (χ1n) is 10.7. The van der Waals surface area contributed by atoms with Crippen LogP contribution in [0, 0.1) is 23.2 Å². The number of amides is 2. The summed E-state index contributed by atoms with van der Waals surface area (Å²) in [7, 11) is 0. The minimum atomic E-state index is -0.178. The van der Waals surface area contributed by atoms with Gasteiger partial charge in [-0.2, -0.15) is 0 Å². The Hall–Kier alpha value is -1.14. The summed E-state index contributed by atoms with van der Waals surface area (Å²) in [5.74, 6) is 2.26. The average molecular weight is 378 g/mol. The molecule has 152 valence electrons. The lowest BCUT2D eigenvalue weighted by Gasteiger charge is -2.55. The van der Waals surface area contributed by atoms with E-state index in [2.05, 4.69) is 29.4 Å². The summed E-state index contributed by atoms with van der Waals surface area (Å²) in [6, 6.07) is 0. The molecule has 2 amide bonds. The van der Waals surface area contributed by atoms with Crippen LogP contribution >= 0.6 is 0 Å². The zero-order valence-corrected chi connectivity index (χ0v) is 16.9. The standard InChI is InChI=1S/C21H35N3O3/c1-20(2,24-3-5-27-6-4-24)14-23-18(25)13-22-19(26)21-10-15-7-16(11-21)9-17(8-15)12-21/h15-17H,3-14H2,1-2H3,(H,22,26)(H,23,25). The number of carbonyl (C=O) groups is 2. The number of nitrogens with zero attached hydrogens (tertiary/aromatic N) is 1. The molecular formula is C21H35N3O3. The van der Waals surface area contributed by atoms with Crippen LogP contribution in [-0.2, 0) is 14.3 Å². The minimum Gasteiger partial charge on any atom is -0.379 e. The number of hydrogen-bond acceptors (Lipinski definition) is 4. The molecule has 6 nitrogen and oxygen atoms in total. The maximum Gasteiger partial charge on any atom is 0.239 e. The molecule has 2 N–H and O–H groups in total. The van der Waals surface area contributed by atoms with Crippen molar-refractivity contribution >= 4 is 11.8 Å². The number of ether oxygens (including phenoxy) is 1. The number of carbonyl (C=O) groups excluding carboxylic acids is 2. The molecule has 0 spiro atoms. The van der Waals surface area contributed by atoms with Crippen molar-refractivity contribution in [2.75, 3.05) is 39.4 Å². The third-order valence-electron chi connectivity index (χ3n) is 7.51. The molecule has 27 heavy (non-hydrogen) atoms. The van der Waals surface area contributed by atoms with Crippen LogP contribution in [-0.4, -0.2) is 61.6 Å². The Labute approximate surface area is 162 Å². The average Bonchev–Trinajstić information content (AvgIpc) is 2.64. The summed E-state index contributed by atoms with van der Waals surface area (Å²) in [5.41, 5.74) is -0.286. The fourth-order valence-corrected chi connectivity index (χ4v) is 6.39. The minimum absolute atomic E-state index is 0.0885. The van der Waals surface area contributed by atoms with E-state index in [1.54, 1.807) is 0 Å². The highest BCUT2D eigenvalue weighted by Gasteiger charge is 2.54. The molecule has 5 rings (SSSR count).